The molecule has 2 saturated heterocycles. The molecule has 2 N–H and O–H groups in total. The number of alkyl halides is 3. The lowest BCUT2D eigenvalue weighted by molar-refractivity contribution is -0.174. The molecule has 3 amide bonds. The monoisotopic (exact) mass is 670 g/mol. The minimum Gasteiger partial charge on any atom is -0.444 e. The molecule has 5 rings (SSSR count). The van der Waals surface area contributed by atoms with Gasteiger partial charge in [0, 0.05) is 13.1 Å². The third-order valence-corrected chi connectivity index (χ3v) is 10.1. The first kappa shape index (κ1) is 35.7. The number of aryl methyl sites for hydroxylation is 2. The van der Waals surface area contributed by atoms with Gasteiger partial charge in [-0.05, 0) is 94.0 Å². The number of ether oxygens (including phenoxy) is 1. The average Bonchev–Trinajstić information content (AvgIpc) is 3.06. The lowest BCUT2D eigenvalue weighted by Gasteiger charge is -2.54. The summed E-state index contributed by atoms with van der Waals surface area (Å²) in [5.41, 5.74) is 6.79. The molecule has 0 spiro atoms. The Labute approximate surface area is 281 Å². The quantitative estimate of drug-likeness (QED) is 0.254. The largest absolute Gasteiger partial charge is 0.444 e. The fourth-order valence-electron chi connectivity index (χ4n) is 7.65. The zero-order chi connectivity index (χ0) is 34.3. The minimum absolute atomic E-state index is 0.0834. The molecule has 2 heterocycles. The summed E-state index contributed by atoms with van der Waals surface area (Å²) in [4.78, 5) is 47.3. The van der Waals surface area contributed by atoms with E-state index in [9.17, 15) is 27.6 Å². The molecule has 8 nitrogen and oxygen atoms in total. The van der Waals surface area contributed by atoms with Gasteiger partial charge in [-0.1, -0.05) is 61.2 Å². The second kappa shape index (κ2) is 16.2. The van der Waals surface area contributed by atoms with Gasteiger partial charge in [-0.3, -0.25) is 14.5 Å². The summed E-state index contributed by atoms with van der Waals surface area (Å²) in [5.74, 6) is -0.384. The maximum Gasteiger partial charge on any atom is 0.416 e. The Morgan fingerprint density at radius 3 is 2.38 bits per heavy atom. The van der Waals surface area contributed by atoms with Crippen molar-refractivity contribution < 1.29 is 32.3 Å². The minimum atomic E-state index is -4.53. The van der Waals surface area contributed by atoms with Crippen LogP contribution in [0.3, 0.4) is 0 Å². The van der Waals surface area contributed by atoms with Gasteiger partial charge >= 0.3 is 12.3 Å². The van der Waals surface area contributed by atoms with Crippen LogP contribution in [0, 0.1) is 18.8 Å². The molecule has 2 aliphatic heterocycles. The average molecular weight is 671 g/mol. The summed E-state index contributed by atoms with van der Waals surface area (Å²) in [6, 6.07) is 12.9. The molecule has 11 heteroatoms. The highest BCUT2D eigenvalue weighted by molar-refractivity contribution is 5.91. The van der Waals surface area contributed by atoms with Crippen molar-refractivity contribution in [2.45, 2.75) is 103 Å². The fourth-order valence-corrected chi connectivity index (χ4v) is 7.65. The SMILES string of the molecule is Cc1cc(COC(=O)N2C[C@@H](CCCc3ccccc3)C(=O)N3[C@@H]2CN(CC2CCCCC2)C(=O)[C@@H]3CCCCN)cc(C(F)(F)F)c1. The standard InChI is InChI=1S/C37H49F3N4O4/c1-26-19-29(21-31(20-26)37(38,39)40)25-48-36(47)43-23-30(16-10-15-27-11-4-2-5-12-27)34(45)44-32(17-8-9-18-41)35(46)42(24-33(43)44)22-28-13-6-3-7-14-28/h2,4-5,11-12,19-21,28,30,32-33H,3,6-10,13-18,22-25,41H2,1H3/t30-,32+,33-/m1/s1. The van der Waals surface area contributed by atoms with Crippen LogP contribution in [0.15, 0.2) is 48.5 Å². The number of carbonyl (C=O) groups excluding carboxylic acids is 3. The van der Waals surface area contributed by atoms with Crippen molar-refractivity contribution in [3.63, 3.8) is 0 Å². The number of hydrogen-bond donors (Lipinski definition) is 1. The van der Waals surface area contributed by atoms with Crippen molar-refractivity contribution in [3.05, 3.63) is 70.8 Å². The van der Waals surface area contributed by atoms with Crippen LogP contribution in [0.4, 0.5) is 18.0 Å². The van der Waals surface area contributed by atoms with E-state index in [4.69, 9.17) is 10.5 Å². The second-order valence-corrected chi connectivity index (χ2v) is 13.8. The number of piperazine rings is 1. The molecule has 2 aromatic rings. The van der Waals surface area contributed by atoms with Crippen molar-refractivity contribution in [1.82, 2.24) is 14.7 Å². The topological polar surface area (TPSA) is 96.2 Å². The summed E-state index contributed by atoms with van der Waals surface area (Å²) in [6.45, 7) is 2.58. The molecule has 262 valence electrons. The number of carbonyl (C=O) groups is 3. The maximum atomic E-state index is 14.2. The number of benzene rings is 2. The zero-order valence-electron chi connectivity index (χ0n) is 27.9. The van der Waals surface area contributed by atoms with Gasteiger partial charge in [0.25, 0.3) is 0 Å². The Balaban J connectivity index is 1.40. The van der Waals surface area contributed by atoms with E-state index in [2.05, 4.69) is 0 Å². The van der Waals surface area contributed by atoms with Gasteiger partial charge < -0.3 is 20.3 Å². The van der Waals surface area contributed by atoms with E-state index in [1.54, 1.807) is 22.8 Å². The number of nitrogens with two attached hydrogens (primary N) is 1. The number of unbranched alkanes of at least 4 members (excludes halogenated alkanes) is 1. The fraction of sp³-hybridized carbons (Fsp3) is 0.595. The van der Waals surface area contributed by atoms with E-state index in [0.717, 1.165) is 49.8 Å². The Morgan fingerprint density at radius 2 is 1.67 bits per heavy atom. The summed E-state index contributed by atoms with van der Waals surface area (Å²) in [5, 5.41) is 0. The first-order valence-electron chi connectivity index (χ1n) is 17.5. The van der Waals surface area contributed by atoms with Crippen LogP contribution in [0.25, 0.3) is 0 Å². The van der Waals surface area contributed by atoms with Gasteiger partial charge in [-0.2, -0.15) is 13.2 Å². The van der Waals surface area contributed by atoms with Gasteiger partial charge in [-0.25, -0.2) is 4.79 Å². The Bertz CT molecular complexity index is 1400. The first-order chi connectivity index (χ1) is 23.0. The van der Waals surface area contributed by atoms with Crippen molar-refractivity contribution in [3.8, 4) is 0 Å². The predicted octanol–water partition coefficient (Wildman–Crippen LogP) is 6.68. The smallest absolute Gasteiger partial charge is 0.416 e. The summed E-state index contributed by atoms with van der Waals surface area (Å²) in [7, 11) is 0. The van der Waals surface area contributed by atoms with Gasteiger partial charge in [-0.15, -0.1) is 0 Å². The highest BCUT2D eigenvalue weighted by Gasteiger charge is 2.52. The highest BCUT2D eigenvalue weighted by Crippen LogP contribution is 2.35. The molecule has 0 aromatic heterocycles. The van der Waals surface area contributed by atoms with E-state index in [1.807, 2.05) is 35.2 Å². The lowest BCUT2D eigenvalue weighted by atomic mass is 9.87. The van der Waals surface area contributed by atoms with Crippen LogP contribution < -0.4 is 5.73 Å². The molecule has 0 radical (unpaired) electrons. The van der Waals surface area contributed by atoms with Gasteiger partial charge in [0.2, 0.25) is 11.8 Å². The van der Waals surface area contributed by atoms with Gasteiger partial charge in [0.1, 0.15) is 18.8 Å². The second-order valence-electron chi connectivity index (χ2n) is 13.8. The third-order valence-electron chi connectivity index (χ3n) is 10.1. The molecular formula is C37H49F3N4O4. The molecule has 0 unspecified atom stereocenters. The molecule has 1 saturated carbocycles. The molecule has 3 aliphatic rings. The van der Waals surface area contributed by atoms with Crippen molar-refractivity contribution in [1.29, 1.82) is 0 Å². The normalized spacial score (nSPS) is 22.2. The zero-order valence-corrected chi connectivity index (χ0v) is 27.9. The van der Waals surface area contributed by atoms with E-state index in [0.29, 0.717) is 56.7 Å². The molecule has 3 fully saturated rings. The van der Waals surface area contributed by atoms with E-state index in [-0.39, 0.29) is 37.1 Å². The number of amides is 3. The summed E-state index contributed by atoms with van der Waals surface area (Å²) >= 11 is 0. The highest BCUT2D eigenvalue weighted by atomic mass is 19.4. The summed E-state index contributed by atoms with van der Waals surface area (Å²) in [6.07, 6.45) is 3.39. The van der Waals surface area contributed by atoms with Gasteiger partial charge in [0.05, 0.1) is 18.0 Å². The van der Waals surface area contributed by atoms with E-state index < -0.39 is 36.0 Å². The Morgan fingerprint density at radius 1 is 0.917 bits per heavy atom. The van der Waals surface area contributed by atoms with E-state index >= 15 is 0 Å². The van der Waals surface area contributed by atoms with Crippen LogP contribution in [-0.2, 0) is 33.5 Å². The third kappa shape index (κ3) is 8.89. The van der Waals surface area contributed by atoms with Crippen molar-refractivity contribution in [2.24, 2.45) is 17.6 Å². The molecule has 2 aromatic carbocycles. The molecule has 1 aliphatic carbocycles. The number of rotatable bonds is 12. The van der Waals surface area contributed by atoms with Crippen LogP contribution in [0.5, 0.6) is 0 Å². The molecule has 48 heavy (non-hydrogen) atoms. The molecule has 3 atom stereocenters. The number of nitrogens with zero attached hydrogens (tertiary/aromatic N) is 3. The summed E-state index contributed by atoms with van der Waals surface area (Å²) < 4.78 is 46.2. The predicted molar refractivity (Wildman–Crippen MR) is 176 cm³/mol. The van der Waals surface area contributed by atoms with E-state index in [1.165, 1.54) is 6.42 Å². The van der Waals surface area contributed by atoms with Gasteiger partial charge in [0.15, 0.2) is 0 Å². The number of fused-ring (bicyclic) bond motifs is 1. The van der Waals surface area contributed by atoms with Crippen LogP contribution in [0.1, 0.15) is 86.5 Å². The van der Waals surface area contributed by atoms with Crippen molar-refractivity contribution in [2.75, 3.05) is 26.2 Å². The van der Waals surface area contributed by atoms with Crippen molar-refractivity contribution >= 4 is 17.9 Å². The number of halogens is 3. The number of hydrogen-bond acceptors (Lipinski definition) is 5. The first-order valence-corrected chi connectivity index (χ1v) is 17.5. The molecule has 0 bridgehead atoms. The Kier molecular flexibility index (Phi) is 12.0. The molecular weight excluding hydrogens is 621 g/mol. The maximum absolute atomic E-state index is 14.2. The van der Waals surface area contributed by atoms with Crippen LogP contribution >= 0.6 is 0 Å². The van der Waals surface area contributed by atoms with Crippen LogP contribution in [0.2, 0.25) is 0 Å². The Hall–Kier alpha value is -3.60. The lowest BCUT2D eigenvalue weighted by Crippen LogP contribution is -2.73. The van der Waals surface area contributed by atoms with Crippen LogP contribution in [-0.4, -0.2) is 71.0 Å².